The normalized spacial score (nSPS) is 17.6. The number of carbonyl (C=O) groups is 1. The van der Waals surface area contributed by atoms with Crippen molar-refractivity contribution in [3.8, 4) is 17.2 Å². The Labute approximate surface area is 179 Å². The molecule has 31 heavy (non-hydrogen) atoms. The molecule has 2 N–H and O–H groups in total. The molecule has 7 nitrogen and oxygen atoms in total. The third-order valence-electron chi connectivity index (χ3n) is 5.99. The maximum absolute atomic E-state index is 13.6. The Hall–Kier alpha value is -3.74. The van der Waals surface area contributed by atoms with Crippen molar-refractivity contribution >= 4 is 11.6 Å². The summed E-state index contributed by atoms with van der Waals surface area (Å²) in [6.45, 7) is 0. The van der Waals surface area contributed by atoms with Gasteiger partial charge < -0.3 is 14.8 Å². The molecule has 158 valence electrons. The number of aromatic amines is 1. The van der Waals surface area contributed by atoms with Gasteiger partial charge in [0.15, 0.2) is 17.3 Å². The molecule has 0 bridgehead atoms. The first-order valence-corrected chi connectivity index (χ1v) is 10.3. The van der Waals surface area contributed by atoms with Crippen LogP contribution in [0.5, 0.6) is 11.5 Å². The van der Waals surface area contributed by atoms with Gasteiger partial charge in [0.25, 0.3) is 5.56 Å². The smallest absolute Gasteiger partial charge is 0.277 e. The van der Waals surface area contributed by atoms with Gasteiger partial charge in [0.1, 0.15) is 5.82 Å². The first-order valence-electron chi connectivity index (χ1n) is 10.3. The Morgan fingerprint density at radius 2 is 1.74 bits per heavy atom. The van der Waals surface area contributed by atoms with E-state index in [0.29, 0.717) is 34.9 Å². The maximum atomic E-state index is 13.6. The van der Waals surface area contributed by atoms with Crippen molar-refractivity contribution in [3.63, 3.8) is 0 Å². The first-order chi connectivity index (χ1) is 15.1. The number of anilines is 1. The molecular formula is C24H23N3O4. The van der Waals surface area contributed by atoms with Gasteiger partial charge in [0.05, 0.1) is 25.5 Å². The van der Waals surface area contributed by atoms with Crippen molar-refractivity contribution in [1.29, 1.82) is 0 Å². The summed E-state index contributed by atoms with van der Waals surface area (Å²) in [7, 11) is 3.15. The number of aromatic nitrogens is 2. The second-order valence-corrected chi connectivity index (χ2v) is 7.72. The number of hydrogen-bond acceptors (Lipinski definition) is 5. The standard InChI is InChI=1S/C24H23N3O4/c1-30-18-12-11-14(13-19(18)31-2)20-21-16(9-6-10-17(21)28)25-23-22(20)24(29)27(26-23)15-7-4-3-5-8-15/h3-5,7-8,11-13,20,25-26H,6,9-10H2,1-2H3/t20-/m0/s1. The number of carbonyl (C=O) groups excluding carboxylic acids is 1. The number of benzene rings is 2. The fourth-order valence-electron chi connectivity index (χ4n) is 4.56. The van der Waals surface area contributed by atoms with Crippen molar-refractivity contribution < 1.29 is 14.3 Å². The van der Waals surface area contributed by atoms with E-state index in [1.54, 1.807) is 14.2 Å². The number of ether oxygens (including phenoxy) is 2. The number of methoxy groups -OCH3 is 2. The number of fused-ring (bicyclic) bond motifs is 1. The average Bonchev–Trinajstić information content (AvgIpc) is 3.14. The zero-order valence-electron chi connectivity index (χ0n) is 17.4. The zero-order chi connectivity index (χ0) is 21.5. The molecule has 0 radical (unpaired) electrons. The highest BCUT2D eigenvalue weighted by Crippen LogP contribution is 2.45. The minimum absolute atomic E-state index is 0.0750. The molecule has 0 amide bonds. The molecule has 2 aliphatic rings. The number of rotatable bonds is 4. The molecule has 1 aliphatic carbocycles. The van der Waals surface area contributed by atoms with Crippen molar-refractivity contribution in [3.05, 3.63) is 81.3 Å². The van der Waals surface area contributed by atoms with Crippen molar-refractivity contribution in [2.24, 2.45) is 0 Å². The van der Waals surface area contributed by atoms with Crippen LogP contribution in [-0.2, 0) is 4.79 Å². The van der Waals surface area contributed by atoms with Gasteiger partial charge in [-0.15, -0.1) is 0 Å². The van der Waals surface area contributed by atoms with Gasteiger partial charge in [-0.2, -0.15) is 0 Å². The lowest BCUT2D eigenvalue weighted by Gasteiger charge is -2.31. The summed E-state index contributed by atoms with van der Waals surface area (Å²) in [4.78, 5) is 26.6. The van der Waals surface area contributed by atoms with Crippen molar-refractivity contribution in [1.82, 2.24) is 9.78 Å². The Morgan fingerprint density at radius 3 is 2.48 bits per heavy atom. The Morgan fingerprint density at radius 1 is 0.968 bits per heavy atom. The van der Waals surface area contributed by atoms with E-state index in [4.69, 9.17) is 9.47 Å². The van der Waals surface area contributed by atoms with Gasteiger partial charge in [-0.05, 0) is 42.7 Å². The van der Waals surface area contributed by atoms with E-state index in [1.165, 1.54) is 4.68 Å². The van der Waals surface area contributed by atoms with Crippen LogP contribution in [0.2, 0.25) is 0 Å². The first kappa shape index (κ1) is 19.2. The fraction of sp³-hybridized carbons (Fsp3) is 0.250. The van der Waals surface area contributed by atoms with Gasteiger partial charge in [-0.3, -0.25) is 14.7 Å². The van der Waals surface area contributed by atoms with Gasteiger partial charge in [-0.1, -0.05) is 24.3 Å². The summed E-state index contributed by atoms with van der Waals surface area (Å²) in [6.07, 6.45) is 2.04. The summed E-state index contributed by atoms with van der Waals surface area (Å²) in [6, 6.07) is 15.0. The molecule has 3 aromatic rings. The molecule has 7 heteroatoms. The highest BCUT2D eigenvalue weighted by atomic mass is 16.5. The minimum atomic E-state index is -0.479. The van der Waals surface area contributed by atoms with Crippen LogP contribution in [0.3, 0.4) is 0 Å². The average molecular weight is 417 g/mol. The van der Waals surface area contributed by atoms with E-state index < -0.39 is 5.92 Å². The predicted octanol–water partition coefficient (Wildman–Crippen LogP) is 3.75. The topological polar surface area (TPSA) is 85.4 Å². The highest BCUT2D eigenvalue weighted by molar-refractivity contribution is 6.01. The van der Waals surface area contributed by atoms with Crippen LogP contribution in [0.25, 0.3) is 5.69 Å². The maximum Gasteiger partial charge on any atom is 0.277 e. The van der Waals surface area contributed by atoms with E-state index in [0.717, 1.165) is 29.8 Å². The summed E-state index contributed by atoms with van der Waals surface area (Å²) in [5.41, 5.74) is 3.45. The number of allylic oxidation sites excluding steroid dienone is 2. The molecule has 1 atom stereocenters. The Kier molecular flexibility index (Phi) is 4.66. The summed E-state index contributed by atoms with van der Waals surface area (Å²) in [5, 5.41) is 6.55. The monoisotopic (exact) mass is 417 g/mol. The van der Waals surface area contributed by atoms with Crippen LogP contribution < -0.4 is 20.3 Å². The lowest BCUT2D eigenvalue weighted by Crippen LogP contribution is -2.29. The van der Waals surface area contributed by atoms with Crippen molar-refractivity contribution in [2.75, 3.05) is 19.5 Å². The summed E-state index contributed by atoms with van der Waals surface area (Å²) in [5.74, 6) is 1.38. The molecular weight excluding hydrogens is 394 g/mol. The van der Waals surface area contributed by atoms with E-state index in [2.05, 4.69) is 10.4 Å². The van der Waals surface area contributed by atoms with Crippen LogP contribution in [0.1, 0.15) is 36.3 Å². The Bertz CT molecular complexity index is 1250. The van der Waals surface area contributed by atoms with Gasteiger partial charge in [-0.25, -0.2) is 4.68 Å². The minimum Gasteiger partial charge on any atom is -0.493 e. The van der Waals surface area contributed by atoms with E-state index >= 15 is 0 Å². The molecule has 0 unspecified atom stereocenters. The number of ketones is 1. The molecule has 0 spiro atoms. The zero-order valence-corrected chi connectivity index (χ0v) is 17.4. The molecule has 1 aliphatic heterocycles. The third-order valence-corrected chi connectivity index (χ3v) is 5.99. The lowest BCUT2D eigenvalue weighted by molar-refractivity contribution is -0.116. The van der Waals surface area contributed by atoms with E-state index in [9.17, 15) is 9.59 Å². The van der Waals surface area contributed by atoms with Crippen LogP contribution >= 0.6 is 0 Å². The van der Waals surface area contributed by atoms with Crippen molar-refractivity contribution in [2.45, 2.75) is 25.2 Å². The number of nitrogens with one attached hydrogen (secondary N) is 2. The quantitative estimate of drug-likeness (QED) is 0.675. The number of Topliss-reactive ketones (excluding diaryl/α,β-unsaturated/α-hetero) is 1. The molecule has 0 saturated heterocycles. The molecule has 5 rings (SSSR count). The third kappa shape index (κ3) is 3.04. The second kappa shape index (κ2) is 7.50. The molecule has 1 aromatic heterocycles. The molecule has 0 fully saturated rings. The highest BCUT2D eigenvalue weighted by Gasteiger charge is 2.39. The molecule has 2 heterocycles. The number of nitrogens with zero attached hydrogens (tertiary/aromatic N) is 1. The van der Waals surface area contributed by atoms with E-state index in [1.807, 2.05) is 48.5 Å². The fourth-order valence-corrected chi connectivity index (χ4v) is 4.56. The lowest BCUT2D eigenvalue weighted by atomic mass is 9.77. The second-order valence-electron chi connectivity index (χ2n) is 7.72. The predicted molar refractivity (Wildman–Crippen MR) is 117 cm³/mol. The number of H-pyrrole nitrogens is 1. The SMILES string of the molecule is COc1ccc([C@H]2C3=C(CCCC3=O)Nc3[nH]n(-c4ccccc4)c(=O)c32)cc1OC. The summed E-state index contributed by atoms with van der Waals surface area (Å²) >= 11 is 0. The summed E-state index contributed by atoms with van der Waals surface area (Å²) < 4.78 is 12.4. The van der Waals surface area contributed by atoms with E-state index in [-0.39, 0.29) is 11.3 Å². The van der Waals surface area contributed by atoms with Gasteiger partial charge in [0.2, 0.25) is 0 Å². The van der Waals surface area contributed by atoms with Crippen LogP contribution in [-0.4, -0.2) is 29.8 Å². The molecule has 2 aromatic carbocycles. The Balaban J connectivity index is 1.74. The van der Waals surface area contributed by atoms with Crippen LogP contribution in [0.4, 0.5) is 5.82 Å². The number of para-hydroxylation sites is 1. The van der Waals surface area contributed by atoms with Gasteiger partial charge >= 0.3 is 0 Å². The largest absolute Gasteiger partial charge is 0.493 e. The van der Waals surface area contributed by atoms with Crippen LogP contribution in [0, 0.1) is 0 Å². The van der Waals surface area contributed by atoms with Gasteiger partial charge in [0, 0.05) is 23.6 Å². The van der Waals surface area contributed by atoms with Crippen LogP contribution in [0.15, 0.2) is 64.6 Å². The molecule has 0 saturated carbocycles. The number of hydrogen-bond donors (Lipinski definition) is 2.